The summed E-state index contributed by atoms with van der Waals surface area (Å²) in [5.74, 6) is 1.65. The number of hydrogen-bond acceptors (Lipinski definition) is 3. The van der Waals surface area contributed by atoms with E-state index in [1.165, 1.54) is 30.6 Å². The average Bonchev–Trinajstić information content (AvgIpc) is 2.36. The fourth-order valence-corrected chi connectivity index (χ4v) is 2.49. The monoisotopic (exact) mass is 267 g/mol. The second kappa shape index (κ2) is 8.44. The molecule has 0 bridgehead atoms. The van der Waals surface area contributed by atoms with Gasteiger partial charge in [-0.25, -0.2) is 0 Å². The zero-order chi connectivity index (χ0) is 13.4. The SMILES string of the molecule is CSCCCCCNC(C)c1cc(C)ccc1O. The van der Waals surface area contributed by atoms with E-state index in [4.69, 9.17) is 0 Å². The van der Waals surface area contributed by atoms with Crippen LogP contribution in [0.5, 0.6) is 5.75 Å². The van der Waals surface area contributed by atoms with Gasteiger partial charge < -0.3 is 10.4 Å². The number of thioether (sulfide) groups is 1. The van der Waals surface area contributed by atoms with Crippen molar-refractivity contribution < 1.29 is 5.11 Å². The van der Waals surface area contributed by atoms with Gasteiger partial charge in [-0.1, -0.05) is 24.1 Å². The number of nitrogens with one attached hydrogen (secondary N) is 1. The first-order chi connectivity index (χ1) is 8.65. The Kier molecular flexibility index (Phi) is 7.21. The highest BCUT2D eigenvalue weighted by Crippen LogP contribution is 2.24. The molecule has 102 valence electrons. The largest absolute Gasteiger partial charge is 0.508 e. The third-order valence-corrected chi connectivity index (χ3v) is 3.82. The van der Waals surface area contributed by atoms with E-state index < -0.39 is 0 Å². The quantitative estimate of drug-likeness (QED) is 0.701. The minimum Gasteiger partial charge on any atom is -0.508 e. The Morgan fingerprint density at radius 1 is 1.28 bits per heavy atom. The van der Waals surface area contributed by atoms with Crippen LogP contribution in [-0.2, 0) is 0 Å². The number of aromatic hydroxyl groups is 1. The lowest BCUT2D eigenvalue weighted by molar-refractivity contribution is 0.450. The molecule has 0 aromatic heterocycles. The summed E-state index contributed by atoms with van der Waals surface area (Å²) < 4.78 is 0. The first-order valence-electron chi connectivity index (χ1n) is 6.67. The summed E-state index contributed by atoms with van der Waals surface area (Å²) in [5, 5.41) is 13.3. The molecule has 0 radical (unpaired) electrons. The number of phenolic OH excluding ortho intramolecular Hbond substituents is 1. The number of hydrogen-bond donors (Lipinski definition) is 2. The molecule has 0 spiro atoms. The molecule has 0 fully saturated rings. The van der Waals surface area contributed by atoms with E-state index in [1.807, 2.05) is 17.8 Å². The van der Waals surface area contributed by atoms with E-state index in [1.54, 1.807) is 6.07 Å². The molecule has 0 heterocycles. The van der Waals surface area contributed by atoms with Crippen LogP contribution < -0.4 is 5.32 Å². The van der Waals surface area contributed by atoms with Gasteiger partial charge in [0.1, 0.15) is 5.75 Å². The number of aryl methyl sites for hydroxylation is 1. The van der Waals surface area contributed by atoms with Gasteiger partial charge in [-0.15, -0.1) is 0 Å². The standard InChI is InChI=1S/C15H25NOS/c1-12-7-8-15(17)14(11-12)13(2)16-9-5-4-6-10-18-3/h7-8,11,13,16-17H,4-6,9-10H2,1-3H3. The maximum Gasteiger partial charge on any atom is 0.120 e. The number of unbranched alkanes of at least 4 members (excludes halogenated alkanes) is 2. The maximum absolute atomic E-state index is 9.84. The smallest absolute Gasteiger partial charge is 0.120 e. The third-order valence-electron chi connectivity index (χ3n) is 3.13. The van der Waals surface area contributed by atoms with Crippen LogP contribution in [-0.4, -0.2) is 23.7 Å². The van der Waals surface area contributed by atoms with Crippen LogP contribution in [0.2, 0.25) is 0 Å². The summed E-state index contributed by atoms with van der Waals surface area (Å²) in [4.78, 5) is 0. The Labute approximate surface area is 115 Å². The molecule has 1 aromatic carbocycles. The summed E-state index contributed by atoms with van der Waals surface area (Å²) >= 11 is 1.91. The van der Waals surface area contributed by atoms with Crippen molar-refractivity contribution in [3.8, 4) is 5.75 Å². The molecule has 0 aliphatic carbocycles. The highest BCUT2D eigenvalue weighted by Gasteiger charge is 2.09. The fourth-order valence-electron chi connectivity index (χ4n) is 2.00. The van der Waals surface area contributed by atoms with Crippen LogP contribution in [0, 0.1) is 6.92 Å². The lowest BCUT2D eigenvalue weighted by Crippen LogP contribution is -2.20. The van der Waals surface area contributed by atoms with Crippen LogP contribution in [0.15, 0.2) is 18.2 Å². The fraction of sp³-hybridized carbons (Fsp3) is 0.600. The van der Waals surface area contributed by atoms with Crippen molar-refractivity contribution in [2.75, 3.05) is 18.6 Å². The summed E-state index contributed by atoms with van der Waals surface area (Å²) in [6.45, 7) is 5.18. The Morgan fingerprint density at radius 2 is 2.06 bits per heavy atom. The van der Waals surface area contributed by atoms with Crippen molar-refractivity contribution in [2.45, 2.75) is 39.2 Å². The highest BCUT2D eigenvalue weighted by molar-refractivity contribution is 7.98. The third kappa shape index (κ3) is 5.32. The summed E-state index contributed by atoms with van der Waals surface area (Å²) in [6, 6.07) is 5.99. The summed E-state index contributed by atoms with van der Waals surface area (Å²) in [7, 11) is 0. The molecule has 2 N–H and O–H groups in total. The molecule has 0 saturated carbocycles. The normalized spacial score (nSPS) is 12.6. The molecular weight excluding hydrogens is 242 g/mol. The first-order valence-corrected chi connectivity index (χ1v) is 8.06. The zero-order valence-electron chi connectivity index (χ0n) is 11.7. The van der Waals surface area contributed by atoms with Gasteiger partial charge in [0.15, 0.2) is 0 Å². The lowest BCUT2D eigenvalue weighted by Gasteiger charge is -2.16. The molecular formula is C15H25NOS. The minimum atomic E-state index is 0.213. The molecule has 1 atom stereocenters. The van der Waals surface area contributed by atoms with E-state index in [9.17, 15) is 5.11 Å². The zero-order valence-corrected chi connectivity index (χ0v) is 12.5. The lowest BCUT2D eigenvalue weighted by atomic mass is 10.0. The van der Waals surface area contributed by atoms with Crippen molar-refractivity contribution in [3.05, 3.63) is 29.3 Å². The summed E-state index contributed by atoms with van der Waals surface area (Å²) in [6.07, 6.45) is 5.94. The second-order valence-corrected chi connectivity index (χ2v) is 5.78. The van der Waals surface area contributed by atoms with Crippen LogP contribution in [0.4, 0.5) is 0 Å². The van der Waals surface area contributed by atoms with Gasteiger partial charge in [-0.2, -0.15) is 11.8 Å². The van der Waals surface area contributed by atoms with Crippen LogP contribution >= 0.6 is 11.8 Å². The van der Waals surface area contributed by atoms with Crippen molar-refractivity contribution in [2.24, 2.45) is 0 Å². The topological polar surface area (TPSA) is 32.3 Å². The predicted molar refractivity (Wildman–Crippen MR) is 81.5 cm³/mol. The molecule has 18 heavy (non-hydrogen) atoms. The number of rotatable bonds is 8. The summed E-state index contributed by atoms with van der Waals surface area (Å²) in [5.41, 5.74) is 2.19. The van der Waals surface area contributed by atoms with Crippen molar-refractivity contribution in [1.29, 1.82) is 0 Å². The Bertz CT molecular complexity index is 354. The second-order valence-electron chi connectivity index (χ2n) is 4.79. The van der Waals surface area contributed by atoms with Gasteiger partial charge in [0, 0.05) is 11.6 Å². The van der Waals surface area contributed by atoms with Crippen LogP contribution in [0.3, 0.4) is 0 Å². The van der Waals surface area contributed by atoms with Crippen LogP contribution in [0.1, 0.15) is 43.4 Å². The average molecular weight is 267 g/mol. The number of phenols is 1. The molecule has 3 heteroatoms. The van der Waals surface area contributed by atoms with E-state index in [2.05, 4.69) is 31.5 Å². The molecule has 1 rings (SSSR count). The molecule has 1 unspecified atom stereocenters. The van der Waals surface area contributed by atoms with Crippen molar-refractivity contribution in [1.82, 2.24) is 5.32 Å². The van der Waals surface area contributed by atoms with Gasteiger partial charge in [0.25, 0.3) is 0 Å². The van der Waals surface area contributed by atoms with Gasteiger partial charge in [-0.05, 0) is 51.3 Å². The van der Waals surface area contributed by atoms with Gasteiger partial charge in [0.2, 0.25) is 0 Å². The molecule has 0 aliphatic heterocycles. The van der Waals surface area contributed by atoms with Gasteiger partial charge in [-0.3, -0.25) is 0 Å². The van der Waals surface area contributed by atoms with Crippen molar-refractivity contribution >= 4 is 11.8 Å². The maximum atomic E-state index is 9.84. The van der Waals surface area contributed by atoms with E-state index >= 15 is 0 Å². The molecule has 0 amide bonds. The van der Waals surface area contributed by atoms with E-state index in [0.29, 0.717) is 5.75 Å². The Hall–Kier alpha value is -0.670. The first kappa shape index (κ1) is 15.4. The molecule has 2 nitrogen and oxygen atoms in total. The predicted octanol–water partition coefficient (Wildman–Crippen LogP) is 3.88. The molecule has 0 saturated heterocycles. The number of benzene rings is 1. The van der Waals surface area contributed by atoms with Gasteiger partial charge in [0.05, 0.1) is 0 Å². The van der Waals surface area contributed by atoms with E-state index in [0.717, 1.165) is 12.1 Å². The Balaban J connectivity index is 2.31. The van der Waals surface area contributed by atoms with E-state index in [-0.39, 0.29) is 6.04 Å². The molecule has 1 aromatic rings. The Morgan fingerprint density at radius 3 is 2.78 bits per heavy atom. The van der Waals surface area contributed by atoms with Crippen LogP contribution in [0.25, 0.3) is 0 Å². The van der Waals surface area contributed by atoms with Gasteiger partial charge >= 0.3 is 0 Å². The highest BCUT2D eigenvalue weighted by atomic mass is 32.2. The minimum absolute atomic E-state index is 0.213. The molecule has 0 aliphatic rings. The van der Waals surface area contributed by atoms with Crippen molar-refractivity contribution in [3.63, 3.8) is 0 Å².